The molecule has 10 atom stereocenters. The SMILES string of the molecule is CC1(C)OC[C@H]([C@H]2O[C@@](O[C@H]3[C@H](OCc4ccccc4)[C@@H](OCc4ccccc4)[C@@H](O)O[C@@H]3COCc3ccccc3)(c3nccs3)[C@H]3OC(C)(C)O[C@@H]23)O1. The van der Waals surface area contributed by atoms with Crippen LogP contribution in [0.25, 0.3) is 0 Å². The molecule has 4 aliphatic heterocycles. The summed E-state index contributed by atoms with van der Waals surface area (Å²) in [6.07, 6.45) is -5.91. The van der Waals surface area contributed by atoms with Crippen LogP contribution in [0.2, 0.25) is 0 Å². The molecular weight excluding hydrogens is 727 g/mol. The van der Waals surface area contributed by atoms with E-state index in [4.69, 9.17) is 52.4 Å². The summed E-state index contributed by atoms with van der Waals surface area (Å²) in [4.78, 5) is 4.76. The van der Waals surface area contributed by atoms with Crippen molar-refractivity contribution >= 4 is 11.3 Å². The highest BCUT2D eigenvalue weighted by Crippen LogP contribution is 2.53. The molecule has 1 aromatic heterocycles. The van der Waals surface area contributed by atoms with Crippen molar-refractivity contribution in [3.8, 4) is 0 Å². The largest absolute Gasteiger partial charge is 0.374 e. The molecule has 4 aliphatic rings. The third-order valence-corrected chi connectivity index (χ3v) is 11.0. The molecule has 0 aliphatic carbocycles. The van der Waals surface area contributed by atoms with Gasteiger partial charge < -0.3 is 52.5 Å². The molecule has 294 valence electrons. The fraction of sp³-hybridized carbons (Fsp3) is 0.500. The molecule has 5 heterocycles. The molecule has 4 saturated heterocycles. The molecule has 0 spiro atoms. The summed E-state index contributed by atoms with van der Waals surface area (Å²) < 4.78 is 66.1. The number of hydrogen-bond donors (Lipinski definition) is 1. The third-order valence-electron chi connectivity index (χ3n) is 10.2. The Hall–Kier alpha value is -3.15. The summed E-state index contributed by atoms with van der Waals surface area (Å²) in [5.74, 6) is -3.43. The van der Waals surface area contributed by atoms with Gasteiger partial charge in [-0.3, -0.25) is 0 Å². The average molecular weight is 776 g/mol. The number of ether oxygens (including phenoxy) is 10. The molecule has 12 nitrogen and oxygen atoms in total. The van der Waals surface area contributed by atoms with Crippen molar-refractivity contribution in [2.75, 3.05) is 13.2 Å². The van der Waals surface area contributed by atoms with Crippen LogP contribution < -0.4 is 0 Å². The Bertz CT molecular complexity index is 1800. The van der Waals surface area contributed by atoms with Gasteiger partial charge in [0.1, 0.15) is 42.7 Å². The molecule has 3 aromatic carbocycles. The number of hydrogen-bond acceptors (Lipinski definition) is 13. The predicted octanol–water partition coefficient (Wildman–Crippen LogP) is 5.86. The molecule has 0 amide bonds. The van der Waals surface area contributed by atoms with Crippen LogP contribution in [0.1, 0.15) is 49.4 Å². The van der Waals surface area contributed by atoms with E-state index in [0.29, 0.717) is 11.6 Å². The van der Waals surface area contributed by atoms with E-state index < -0.39 is 72.5 Å². The highest BCUT2D eigenvalue weighted by atomic mass is 32.1. The first kappa shape index (κ1) is 38.7. The highest BCUT2D eigenvalue weighted by molar-refractivity contribution is 7.09. The van der Waals surface area contributed by atoms with E-state index in [0.717, 1.165) is 16.7 Å². The molecule has 4 fully saturated rings. The van der Waals surface area contributed by atoms with E-state index in [-0.39, 0.29) is 26.4 Å². The van der Waals surface area contributed by atoms with Crippen LogP contribution in [0.5, 0.6) is 0 Å². The van der Waals surface area contributed by atoms with Crippen molar-refractivity contribution in [3.05, 3.63) is 124 Å². The number of fused-ring (bicyclic) bond motifs is 1. The maximum Gasteiger partial charge on any atom is 0.253 e. The van der Waals surface area contributed by atoms with Gasteiger partial charge in [0, 0.05) is 11.6 Å². The number of thiazole rings is 1. The van der Waals surface area contributed by atoms with E-state index in [9.17, 15) is 5.11 Å². The van der Waals surface area contributed by atoms with Crippen molar-refractivity contribution in [1.29, 1.82) is 0 Å². The van der Waals surface area contributed by atoms with Gasteiger partial charge in [-0.2, -0.15) is 0 Å². The zero-order chi connectivity index (χ0) is 38.0. The monoisotopic (exact) mass is 775 g/mol. The van der Waals surface area contributed by atoms with Crippen molar-refractivity contribution in [1.82, 2.24) is 4.98 Å². The van der Waals surface area contributed by atoms with Gasteiger partial charge in [0.2, 0.25) is 0 Å². The molecular formula is C42H49NO11S. The van der Waals surface area contributed by atoms with Crippen LogP contribution in [-0.2, 0) is 73.0 Å². The van der Waals surface area contributed by atoms with Crippen LogP contribution in [0.15, 0.2) is 103 Å². The van der Waals surface area contributed by atoms with Gasteiger partial charge in [0.05, 0.1) is 33.0 Å². The second-order valence-corrected chi connectivity index (χ2v) is 16.0. The molecule has 8 rings (SSSR count). The molecule has 1 N–H and O–H groups in total. The van der Waals surface area contributed by atoms with Gasteiger partial charge in [-0.15, -0.1) is 11.3 Å². The Balaban J connectivity index is 1.18. The molecule has 55 heavy (non-hydrogen) atoms. The molecule has 13 heteroatoms. The lowest BCUT2D eigenvalue weighted by molar-refractivity contribution is -0.377. The summed E-state index contributed by atoms with van der Waals surface area (Å²) in [6.45, 7) is 8.52. The first-order valence-corrected chi connectivity index (χ1v) is 19.7. The fourth-order valence-electron chi connectivity index (χ4n) is 7.68. The molecule has 0 saturated carbocycles. The van der Waals surface area contributed by atoms with Crippen molar-refractivity contribution in [2.24, 2.45) is 0 Å². The minimum Gasteiger partial charge on any atom is -0.374 e. The Morgan fingerprint density at radius 2 is 1.33 bits per heavy atom. The van der Waals surface area contributed by atoms with E-state index in [2.05, 4.69) is 0 Å². The number of aliphatic hydroxyl groups excluding tert-OH is 1. The van der Waals surface area contributed by atoms with E-state index >= 15 is 0 Å². The van der Waals surface area contributed by atoms with Gasteiger partial charge in [-0.1, -0.05) is 91.0 Å². The predicted molar refractivity (Wildman–Crippen MR) is 199 cm³/mol. The van der Waals surface area contributed by atoms with Crippen LogP contribution in [0.4, 0.5) is 0 Å². The third kappa shape index (κ3) is 8.59. The Morgan fingerprint density at radius 1 is 0.709 bits per heavy atom. The number of nitrogens with zero attached hydrogens (tertiary/aromatic N) is 1. The highest BCUT2D eigenvalue weighted by Gasteiger charge is 2.69. The summed E-state index contributed by atoms with van der Waals surface area (Å²) in [6, 6.07) is 29.4. The lowest BCUT2D eigenvalue weighted by Crippen LogP contribution is -2.63. The van der Waals surface area contributed by atoms with Crippen molar-refractivity contribution < 1.29 is 52.5 Å². The minimum atomic E-state index is -1.63. The normalized spacial score (nSPS) is 33.8. The maximum atomic E-state index is 11.7. The fourth-order valence-corrected chi connectivity index (χ4v) is 8.43. The summed E-state index contributed by atoms with van der Waals surface area (Å²) in [5, 5.41) is 14.1. The minimum absolute atomic E-state index is 0.0509. The van der Waals surface area contributed by atoms with E-state index in [1.54, 1.807) is 6.20 Å². The standard InChI is InChI=1S/C42H49NO11S/c1-40(2)48-26-31(50-40)33-35-37(54-41(3,4)51-35)42(53-33,39-43-20-21-55-39)52-32-30(25-45-22-27-14-8-5-9-15-27)49-38(44)36(47-24-29-18-12-7-13-19-29)34(32)46-23-28-16-10-6-11-17-28/h5-21,30-38,44H,22-26H2,1-4H3/t30-,31-,32-,33-,34+,35+,36-,37+,38+,42-/m1/s1. The van der Waals surface area contributed by atoms with Crippen LogP contribution >= 0.6 is 11.3 Å². The number of benzene rings is 3. The number of aromatic nitrogens is 1. The Morgan fingerprint density at radius 3 is 1.91 bits per heavy atom. The number of rotatable bonds is 14. The van der Waals surface area contributed by atoms with Crippen LogP contribution in [-0.4, -0.2) is 90.0 Å². The zero-order valence-electron chi connectivity index (χ0n) is 31.4. The lowest BCUT2D eigenvalue weighted by Gasteiger charge is -2.47. The van der Waals surface area contributed by atoms with Crippen molar-refractivity contribution in [2.45, 2.75) is 120 Å². The molecule has 0 bridgehead atoms. The lowest BCUT2D eigenvalue weighted by atomic mass is 9.96. The van der Waals surface area contributed by atoms with Gasteiger partial charge >= 0.3 is 0 Å². The van der Waals surface area contributed by atoms with Gasteiger partial charge in [0.25, 0.3) is 5.79 Å². The second kappa shape index (κ2) is 16.4. The molecule has 0 radical (unpaired) electrons. The van der Waals surface area contributed by atoms with Crippen LogP contribution in [0, 0.1) is 0 Å². The average Bonchev–Trinajstić information content (AvgIpc) is 3.97. The van der Waals surface area contributed by atoms with Gasteiger partial charge in [-0.25, -0.2) is 4.98 Å². The zero-order valence-corrected chi connectivity index (χ0v) is 32.2. The topological polar surface area (TPSA) is 125 Å². The summed E-state index contributed by atoms with van der Waals surface area (Å²) in [7, 11) is 0. The molecule has 4 aromatic rings. The number of aliphatic hydroxyl groups is 1. The van der Waals surface area contributed by atoms with E-state index in [1.165, 1.54) is 11.3 Å². The molecule has 0 unspecified atom stereocenters. The van der Waals surface area contributed by atoms with Gasteiger partial charge in [-0.05, 0) is 44.4 Å². The quantitative estimate of drug-likeness (QED) is 0.165. The summed E-state index contributed by atoms with van der Waals surface area (Å²) in [5.41, 5.74) is 2.84. The van der Waals surface area contributed by atoms with E-state index in [1.807, 2.05) is 124 Å². The summed E-state index contributed by atoms with van der Waals surface area (Å²) >= 11 is 1.38. The first-order chi connectivity index (χ1) is 26.6. The van der Waals surface area contributed by atoms with Crippen molar-refractivity contribution in [3.63, 3.8) is 0 Å². The maximum absolute atomic E-state index is 11.7. The van der Waals surface area contributed by atoms with Crippen LogP contribution in [0.3, 0.4) is 0 Å². The Labute approximate surface area is 325 Å². The van der Waals surface area contributed by atoms with Gasteiger partial charge in [0.15, 0.2) is 29.0 Å². The first-order valence-electron chi connectivity index (χ1n) is 18.8. The smallest absolute Gasteiger partial charge is 0.253 e. The Kier molecular flexibility index (Phi) is 11.5. The second-order valence-electron chi connectivity index (χ2n) is 15.1.